The molecule has 0 radical (unpaired) electrons. The van der Waals surface area contributed by atoms with E-state index in [9.17, 15) is 0 Å². The summed E-state index contributed by atoms with van der Waals surface area (Å²) in [7, 11) is 2.07. The summed E-state index contributed by atoms with van der Waals surface area (Å²) in [6, 6.07) is 10.3. The van der Waals surface area contributed by atoms with Crippen LogP contribution in [0.3, 0.4) is 0 Å². The molecule has 0 aliphatic heterocycles. The minimum atomic E-state index is 0.106. The van der Waals surface area contributed by atoms with Crippen molar-refractivity contribution in [2.75, 3.05) is 20.1 Å². The summed E-state index contributed by atoms with van der Waals surface area (Å²) in [5.41, 5.74) is 9.09. The molecular formula is C17H25N3O. The Kier molecular flexibility index (Phi) is 4.80. The largest absolute Gasteiger partial charge is 0.359 e. The highest BCUT2D eigenvalue weighted by Crippen LogP contribution is 2.21. The van der Waals surface area contributed by atoms with Gasteiger partial charge in [0.2, 0.25) is 0 Å². The van der Waals surface area contributed by atoms with Crippen LogP contribution in [-0.2, 0) is 6.54 Å². The van der Waals surface area contributed by atoms with Gasteiger partial charge in [-0.05, 0) is 25.9 Å². The van der Waals surface area contributed by atoms with Gasteiger partial charge >= 0.3 is 0 Å². The molecule has 0 fully saturated rings. The van der Waals surface area contributed by atoms with E-state index in [1.54, 1.807) is 0 Å². The van der Waals surface area contributed by atoms with E-state index in [-0.39, 0.29) is 5.41 Å². The predicted molar refractivity (Wildman–Crippen MR) is 85.8 cm³/mol. The van der Waals surface area contributed by atoms with Gasteiger partial charge in [-0.15, -0.1) is 0 Å². The summed E-state index contributed by atoms with van der Waals surface area (Å²) < 4.78 is 5.45. The first-order valence-electron chi connectivity index (χ1n) is 7.31. The topological polar surface area (TPSA) is 55.3 Å². The Balaban J connectivity index is 2.01. The molecule has 2 rings (SSSR count). The summed E-state index contributed by atoms with van der Waals surface area (Å²) >= 11 is 0. The predicted octanol–water partition coefficient (Wildman–Crippen LogP) is 3.07. The van der Waals surface area contributed by atoms with Crippen LogP contribution in [-0.4, -0.2) is 30.2 Å². The Bertz CT molecular complexity index is 572. The maximum Gasteiger partial charge on any atom is 0.151 e. The second-order valence-corrected chi connectivity index (χ2v) is 6.59. The molecule has 1 heterocycles. The van der Waals surface area contributed by atoms with Crippen molar-refractivity contribution in [3.63, 3.8) is 0 Å². The third-order valence-electron chi connectivity index (χ3n) is 3.58. The zero-order valence-electron chi connectivity index (χ0n) is 13.4. The van der Waals surface area contributed by atoms with Gasteiger partial charge < -0.3 is 10.3 Å². The van der Waals surface area contributed by atoms with Crippen LogP contribution in [0, 0.1) is 12.3 Å². The standard InChI is InChI=1S/C17H25N3O/c1-13-5-7-14(8-6-13)16-9-15(21-19-16)10-20(4)12-17(2,3)11-18/h5-9H,10-12,18H2,1-4H3. The lowest BCUT2D eigenvalue weighted by molar-refractivity contribution is 0.192. The summed E-state index contributed by atoms with van der Waals surface area (Å²) in [4.78, 5) is 2.21. The smallest absolute Gasteiger partial charge is 0.151 e. The number of aromatic nitrogens is 1. The van der Waals surface area contributed by atoms with Crippen molar-refractivity contribution in [2.45, 2.75) is 27.3 Å². The molecule has 4 heteroatoms. The van der Waals surface area contributed by atoms with Crippen molar-refractivity contribution in [1.29, 1.82) is 0 Å². The Morgan fingerprint density at radius 3 is 2.52 bits per heavy atom. The molecule has 0 amide bonds. The minimum absolute atomic E-state index is 0.106. The van der Waals surface area contributed by atoms with E-state index < -0.39 is 0 Å². The molecule has 114 valence electrons. The molecule has 1 aromatic carbocycles. The van der Waals surface area contributed by atoms with Gasteiger partial charge in [0.25, 0.3) is 0 Å². The molecule has 0 aliphatic rings. The second kappa shape index (κ2) is 6.41. The summed E-state index contributed by atoms with van der Waals surface area (Å²) in [5, 5.41) is 4.16. The number of hydrogen-bond acceptors (Lipinski definition) is 4. The van der Waals surface area contributed by atoms with Crippen LogP contribution in [0.2, 0.25) is 0 Å². The third-order valence-corrected chi connectivity index (χ3v) is 3.58. The normalized spacial score (nSPS) is 12.1. The SMILES string of the molecule is Cc1ccc(-c2cc(CN(C)CC(C)(C)CN)on2)cc1. The molecule has 0 bridgehead atoms. The Morgan fingerprint density at radius 2 is 1.90 bits per heavy atom. The van der Waals surface area contributed by atoms with Gasteiger partial charge in [-0.3, -0.25) is 4.90 Å². The number of nitrogens with zero attached hydrogens (tertiary/aromatic N) is 2. The molecule has 21 heavy (non-hydrogen) atoms. The average Bonchev–Trinajstić information content (AvgIpc) is 2.87. The number of hydrogen-bond donors (Lipinski definition) is 1. The van der Waals surface area contributed by atoms with E-state index in [1.165, 1.54) is 5.56 Å². The van der Waals surface area contributed by atoms with Crippen molar-refractivity contribution < 1.29 is 4.52 Å². The lowest BCUT2D eigenvalue weighted by Crippen LogP contribution is -2.36. The fourth-order valence-corrected chi connectivity index (χ4v) is 2.37. The zero-order chi connectivity index (χ0) is 15.5. The molecule has 0 spiro atoms. The number of rotatable bonds is 6. The van der Waals surface area contributed by atoms with Crippen molar-refractivity contribution in [2.24, 2.45) is 11.1 Å². The third kappa shape index (κ3) is 4.41. The van der Waals surface area contributed by atoms with E-state index in [0.717, 1.165) is 30.1 Å². The molecule has 0 atom stereocenters. The summed E-state index contributed by atoms with van der Waals surface area (Å²) in [6.07, 6.45) is 0. The van der Waals surface area contributed by atoms with Crippen molar-refractivity contribution in [3.8, 4) is 11.3 Å². The van der Waals surface area contributed by atoms with E-state index in [1.807, 2.05) is 6.07 Å². The highest BCUT2D eigenvalue weighted by molar-refractivity contribution is 5.59. The zero-order valence-corrected chi connectivity index (χ0v) is 13.4. The van der Waals surface area contributed by atoms with Crippen LogP contribution in [0.1, 0.15) is 25.2 Å². The Hall–Kier alpha value is -1.65. The van der Waals surface area contributed by atoms with Crippen molar-refractivity contribution >= 4 is 0 Å². The fraction of sp³-hybridized carbons (Fsp3) is 0.471. The van der Waals surface area contributed by atoms with Crippen LogP contribution in [0.15, 0.2) is 34.9 Å². The van der Waals surface area contributed by atoms with Gasteiger partial charge in [-0.1, -0.05) is 48.8 Å². The molecule has 0 saturated heterocycles. The van der Waals surface area contributed by atoms with Gasteiger partial charge in [0.1, 0.15) is 5.69 Å². The maximum absolute atomic E-state index is 5.78. The molecular weight excluding hydrogens is 262 g/mol. The first-order valence-corrected chi connectivity index (χ1v) is 7.31. The first-order chi connectivity index (χ1) is 9.89. The van der Waals surface area contributed by atoms with E-state index >= 15 is 0 Å². The van der Waals surface area contributed by atoms with Gasteiger partial charge in [-0.25, -0.2) is 0 Å². The van der Waals surface area contributed by atoms with E-state index in [4.69, 9.17) is 10.3 Å². The first kappa shape index (κ1) is 15.7. The van der Waals surface area contributed by atoms with Crippen LogP contribution < -0.4 is 5.73 Å². The number of benzene rings is 1. The van der Waals surface area contributed by atoms with Crippen molar-refractivity contribution in [3.05, 3.63) is 41.7 Å². The van der Waals surface area contributed by atoms with Gasteiger partial charge in [-0.2, -0.15) is 0 Å². The van der Waals surface area contributed by atoms with Gasteiger partial charge in [0.05, 0.1) is 6.54 Å². The molecule has 0 aliphatic carbocycles. The second-order valence-electron chi connectivity index (χ2n) is 6.59. The summed E-state index contributed by atoms with van der Waals surface area (Å²) in [6.45, 7) is 8.74. The molecule has 2 aromatic rings. The van der Waals surface area contributed by atoms with Crippen molar-refractivity contribution in [1.82, 2.24) is 10.1 Å². The number of aryl methyl sites for hydroxylation is 1. The van der Waals surface area contributed by atoms with Gasteiger partial charge in [0.15, 0.2) is 5.76 Å². The van der Waals surface area contributed by atoms with Gasteiger partial charge in [0, 0.05) is 18.2 Å². The van der Waals surface area contributed by atoms with Crippen LogP contribution >= 0.6 is 0 Å². The lowest BCUT2D eigenvalue weighted by atomic mass is 9.93. The molecule has 0 unspecified atom stereocenters. The lowest BCUT2D eigenvalue weighted by Gasteiger charge is -2.28. The monoisotopic (exact) mass is 287 g/mol. The Labute approximate surface area is 126 Å². The van der Waals surface area contributed by atoms with Crippen LogP contribution in [0.5, 0.6) is 0 Å². The van der Waals surface area contributed by atoms with E-state index in [0.29, 0.717) is 6.54 Å². The fourth-order valence-electron chi connectivity index (χ4n) is 2.37. The summed E-state index contributed by atoms with van der Waals surface area (Å²) in [5.74, 6) is 0.876. The average molecular weight is 287 g/mol. The molecule has 2 N–H and O–H groups in total. The number of nitrogens with two attached hydrogens (primary N) is 1. The molecule has 0 saturated carbocycles. The van der Waals surface area contributed by atoms with E-state index in [2.05, 4.69) is 62.1 Å². The Morgan fingerprint density at radius 1 is 1.24 bits per heavy atom. The molecule has 1 aromatic heterocycles. The highest BCUT2D eigenvalue weighted by Gasteiger charge is 2.19. The maximum atomic E-state index is 5.78. The minimum Gasteiger partial charge on any atom is -0.359 e. The molecule has 4 nitrogen and oxygen atoms in total. The quantitative estimate of drug-likeness (QED) is 0.887. The highest BCUT2D eigenvalue weighted by atomic mass is 16.5. The van der Waals surface area contributed by atoms with Crippen LogP contribution in [0.25, 0.3) is 11.3 Å². The van der Waals surface area contributed by atoms with Crippen LogP contribution in [0.4, 0.5) is 0 Å².